The van der Waals surface area contributed by atoms with E-state index in [0.29, 0.717) is 12.4 Å². The highest BCUT2D eigenvalue weighted by Crippen LogP contribution is 2.10. The Balaban J connectivity index is 2.28. The van der Waals surface area contributed by atoms with Crippen LogP contribution in [0.15, 0.2) is 4.63 Å². The van der Waals surface area contributed by atoms with E-state index in [-0.39, 0.29) is 0 Å². The van der Waals surface area contributed by atoms with Gasteiger partial charge in [0.1, 0.15) is 11.4 Å². The van der Waals surface area contributed by atoms with E-state index in [1.165, 1.54) is 0 Å². The molecule has 0 fully saturated rings. The average molecular weight is 208 g/mol. The van der Waals surface area contributed by atoms with Crippen molar-refractivity contribution in [2.24, 2.45) is 0 Å². The molecule has 2 heterocycles. The van der Waals surface area contributed by atoms with E-state index in [0.717, 1.165) is 23.5 Å². The fraction of sp³-hybridized carbons (Fsp3) is 0.500. The Hall–Kier alpha value is -1.92. The lowest BCUT2D eigenvalue weighted by Gasteiger charge is -2.01. The smallest absolute Gasteiger partial charge is 0.169 e. The van der Waals surface area contributed by atoms with Crippen LogP contribution in [0.4, 0.5) is 5.82 Å². The quantitative estimate of drug-likeness (QED) is 0.772. The van der Waals surface area contributed by atoms with Gasteiger partial charge in [-0.15, -0.1) is 5.10 Å². The fourth-order valence-electron chi connectivity index (χ4n) is 1.37. The molecular formula is C8H12N6O. The van der Waals surface area contributed by atoms with Gasteiger partial charge in [-0.2, -0.15) is 0 Å². The molecule has 0 saturated heterocycles. The maximum Gasteiger partial charge on any atom is 0.169 e. The van der Waals surface area contributed by atoms with Gasteiger partial charge in [0.25, 0.3) is 0 Å². The minimum absolute atomic E-state index is 0.464. The third kappa shape index (κ3) is 1.67. The van der Waals surface area contributed by atoms with Gasteiger partial charge >= 0.3 is 0 Å². The van der Waals surface area contributed by atoms with Gasteiger partial charge in [-0.1, -0.05) is 22.5 Å². The SMILES string of the molecule is CCc1c(N)nnn1Cc1nonc1C. The Morgan fingerprint density at radius 2 is 2.20 bits per heavy atom. The van der Waals surface area contributed by atoms with Gasteiger partial charge in [0, 0.05) is 0 Å². The van der Waals surface area contributed by atoms with Crippen LogP contribution in [0.5, 0.6) is 0 Å². The number of nitrogens with two attached hydrogens (primary N) is 1. The van der Waals surface area contributed by atoms with Crippen LogP contribution in [0, 0.1) is 6.92 Å². The first-order chi connectivity index (χ1) is 7.22. The van der Waals surface area contributed by atoms with Crippen molar-refractivity contribution in [3.8, 4) is 0 Å². The normalized spacial score (nSPS) is 10.8. The number of aryl methyl sites for hydroxylation is 1. The molecule has 15 heavy (non-hydrogen) atoms. The van der Waals surface area contributed by atoms with Gasteiger partial charge in [0.05, 0.1) is 12.2 Å². The Labute approximate surface area is 86.2 Å². The summed E-state index contributed by atoms with van der Waals surface area (Å²) in [6, 6.07) is 0. The second kappa shape index (κ2) is 3.68. The maximum absolute atomic E-state index is 5.66. The van der Waals surface area contributed by atoms with Crippen LogP contribution >= 0.6 is 0 Å². The molecule has 0 radical (unpaired) electrons. The van der Waals surface area contributed by atoms with E-state index < -0.39 is 0 Å². The highest BCUT2D eigenvalue weighted by molar-refractivity contribution is 5.33. The van der Waals surface area contributed by atoms with Crippen LogP contribution in [0.1, 0.15) is 24.0 Å². The second-order valence-electron chi connectivity index (χ2n) is 3.23. The molecule has 0 aliphatic rings. The van der Waals surface area contributed by atoms with Crippen molar-refractivity contribution in [1.82, 2.24) is 25.3 Å². The molecule has 0 unspecified atom stereocenters. The van der Waals surface area contributed by atoms with Crippen molar-refractivity contribution >= 4 is 5.82 Å². The topological polar surface area (TPSA) is 95.7 Å². The van der Waals surface area contributed by atoms with Crippen molar-refractivity contribution in [3.63, 3.8) is 0 Å². The summed E-state index contributed by atoms with van der Waals surface area (Å²) in [7, 11) is 0. The predicted octanol–water partition coefficient (Wildman–Crippen LogP) is 0.162. The predicted molar refractivity (Wildman–Crippen MR) is 51.9 cm³/mol. The van der Waals surface area contributed by atoms with Crippen LogP contribution < -0.4 is 5.73 Å². The summed E-state index contributed by atoms with van der Waals surface area (Å²) in [5, 5.41) is 15.2. The summed E-state index contributed by atoms with van der Waals surface area (Å²) in [5.74, 6) is 0.464. The Bertz CT molecular complexity index is 459. The van der Waals surface area contributed by atoms with E-state index in [9.17, 15) is 0 Å². The summed E-state index contributed by atoms with van der Waals surface area (Å²) < 4.78 is 6.32. The van der Waals surface area contributed by atoms with Crippen molar-refractivity contribution in [2.75, 3.05) is 5.73 Å². The zero-order valence-electron chi connectivity index (χ0n) is 8.64. The van der Waals surface area contributed by atoms with Crippen molar-refractivity contribution in [1.29, 1.82) is 0 Å². The van der Waals surface area contributed by atoms with E-state index in [1.807, 2.05) is 13.8 Å². The molecule has 0 saturated carbocycles. The first-order valence-corrected chi connectivity index (χ1v) is 4.68. The monoisotopic (exact) mass is 208 g/mol. The number of anilines is 1. The van der Waals surface area contributed by atoms with Gasteiger partial charge in [0.15, 0.2) is 5.82 Å². The highest BCUT2D eigenvalue weighted by atomic mass is 16.6. The van der Waals surface area contributed by atoms with Gasteiger partial charge in [-0.3, -0.25) is 0 Å². The first kappa shape index (κ1) is 9.63. The van der Waals surface area contributed by atoms with Gasteiger partial charge in [0.2, 0.25) is 0 Å². The van der Waals surface area contributed by atoms with Gasteiger partial charge in [-0.25, -0.2) is 9.31 Å². The Morgan fingerprint density at radius 3 is 2.80 bits per heavy atom. The molecule has 2 rings (SSSR count). The summed E-state index contributed by atoms with van der Waals surface area (Å²) in [6.45, 7) is 4.32. The zero-order chi connectivity index (χ0) is 10.8. The summed E-state index contributed by atoms with van der Waals surface area (Å²) >= 11 is 0. The molecular weight excluding hydrogens is 196 g/mol. The lowest BCUT2D eigenvalue weighted by atomic mass is 10.3. The molecule has 0 spiro atoms. The van der Waals surface area contributed by atoms with Crippen LogP contribution in [0.25, 0.3) is 0 Å². The van der Waals surface area contributed by atoms with E-state index in [1.54, 1.807) is 4.68 Å². The average Bonchev–Trinajstić information content (AvgIpc) is 2.76. The molecule has 2 aromatic heterocycles. The number of nitrogens with zero attached hydrogens (tertiary/aromatic N) is 5. The van der Waals surface area contributed by atoms with Crippen LogP contribution in [-0.2, 0) is 13.0 Å². The fourth-order valence-corrected chi connectivity index (χ4v) is 1.37. The zero-order valence-corrected chi connectivity index (χ0v) is 8.64. The third-order valence-electron chi connectivity index (χ3n) is 2.25. The summed E-state index contributed by atoms with van der Waals surface area (Å²) in [6.07, 6.45) is 0.781. The maximum atomic E-state index is 5.66. The first-order valence-electron chi connectivity index (χ1n) is 4.68. The number of rotatable bonds is 3. The molecule has 0 aliphatic carbocycles. The third-order valence-corrected chi connectivity index (χ3v) is 2.25. The van der Waals surface area contributed by atoms with Crippen molar-refractivity contribution < 1.29 is 4.63 Å². The van der Waals surface area contributed by atoms with Crippen LogP contribution in [0.2, 0.25) is 0 Å². The number of aromatic nitrogens is 5. The standard InChI is InChI=1S/C8H12N6O/c1-3-7-8(9)10-13-14(7)4-6-5(2)11-15-12-6/h3-4,9H2,1-2H3. The molecule has 2 aromatic rings. The van der Waals surface area contributed by atoms with Crippen LogP contribution in [0.3, 0.4) is 0 Å². The molecule has 0 bridgehead atoms. The minimum atomic E-state index is 0.464. The molecule has 7 heteroatoms. The Kier molecular flexibility index (Phi) is 2.36. The molecule has 7 nitrogen and oxygen atoms in total. The lowest BCUT2D eigenvalue weighted by molar-refractivity contribution is 0.300. The molecule has 0 aliphatic heterocycles. The van der Waals surface area contributed by atoms with Crippen LogP contribution in [-0.4, -0.2) is 25.3 Å². The van der Waals surface area contributed by atoms with Gasteiger partial charge in [-0.05, 0) is 13.3 Å². The second-order valence-corrected chi connectivity index (χ2v) is 3.23. The van der Waals surface area contributed by atoms with E-state index in [4.69, 9.17) is 5.73 Å². The Morgan fingerprint density at radius 1 is 1.40 bits per heavy atom. The van der Waals surface area contributed by atoms with Crippen molar-refractivity contribution in [3.05, 3.63) is 17.1 Å². The molecule has 0 aromatic carbocycles. The van der Waals surface area contributed by atoms with Crippen molar-refractivity contribution in [2.45, 2.75) is 26.8 Å². The molecule has 80 valence electrons. The highest BCUT2D eigenvalue weighted by Gasteiger charge is 2.12. The number of hydrogen-bond acceptors (Lipinski definition) is 6. The minimum Gasteiger partial charge on any atom is -0.381 e. The van der Waals surface area contributed by atoms with E-state index in [2.05, 4.69) is 25.3 Å². The summed E-state index contributed by atoms with van der Waals surface area (Å²) in [4.78, 5) is 0. The number of hydrogen-bond donors (Lipinski definition) is 1. The number of nitrogen functional groups attached to an aromatic ring is 1. The van der Waals surface area contributed by atoms with E-state index >= 15 is 0 Å². The lowest BCUT2D eigenvalue weighted by Crippen LogP contribution is -2.08. The molecule has 0 amide bonds. The molecule has 0 atom stereocenters. The molecule has 2 N–H and O–H groups in total. The largest absolute Gasteiger partial charge is 0.381 e. The summed E-state index contributed by atoms with van der Waals surface area (Å²) in [5.41, 5.74) is 8.07. The van der Waals surface area contributed by atoms with Gasteiger partial charge < -0.3 is 5.73 Å².